The summed E-state index contributed by atoms with van der Waals surface area (Å²) in [5, 5.41) is 3.16. The summed E-state index contributed by atoms with van der Waals surface area (Å²) in [6.07, 6.45) is 5.28. The van der Waals surface area contributed by atoms with Gasteiger partial charge in [0.2, 0.25) is 0 Å². The Morgan fingerprint density at radius 2 is 2.09 bits per heavy atom. The third kappa shape index (κ3) is 4.70. The van der Waals surface area contributed by atoms with Crippen molar-refractivity contribution >= 4 is 35.6 Å². The third-order valence-electron chi connectivity index (χ3n) is 3.56. The summed E-state index contributed by atoms with van der Waals surface area (Å²) in [6, 6.07) is 8.17. The van der Waals surface area contributed by atoms with E-state index < -0.39 is 0 Å². The molecule has 0 aromatic heterocycles. The summed E-state index contributed by atoms with van der Waals surface area (Å²) in [6.45, 7) is 4.24. The highest BCUT2D eigenvalue weighted by Gasteiger charge is 2.19. The van der Waals surface area contributed by atoms with Crippen molar-refractivity contribution < 1.29 is 4.74 Å². The van der Waals surface area contributed by atoms with Crippen LogP contribution in [0, 0.1) is 12.3 Å². The molecular formula is C16H23IN4O. The third-order valence-corrected chi connectivity index (χ3v) is 3.56. The molecule has 1 aromatic rings. The quantitative estimate of drug-likeness (QED) is 0.354. The van der Waals surface area contributed by atoms with Gasteiger partial charge in [-0.1, -0.05) is 12.0 Å². The first kappa shape index (κ1) is 18.4. The Kier molecular flexibility index (Phi) is 7.88. The summed E-state index contributed by atoms with van der Waals surface area (Å²) < 4.78 is 5.28. The van der Waals surface area contributed by atoms with E-state index in [9.17, 15) is 0 Å². The van der Waals surface area contributed by atoms with Crippen LogP contribution in [0.3, 0.4) is 0 Å². The number of nitrogens with one attached hydrogen (secondary N) is 1. The first-order valence-corrected chi connectivity index (χ1v) is 7.06. The van der Waals surface area contributed by atoms with Crippen molar-refractivity contribution in [3.05, 3.63) is 24.3 Å². The number of hydrogen-bond acceptors (Lipinski definition) is 3. The molecule has 5 nitrogen and oxygen atoms in total. The molecule has 1 N–H and O–H groups in total. The Morgan fingerprint density at radius 3 is 2.68 bits per heavy atom. The molecule has 0 aliphatic carbocycles. The monoisotopic (exact) mass is 414 g/mol. The molecule has 1 aliphatic rings. The summed E-state index contributed by atoms with van der Waals surface area (Å²) in [4.78, 5) is 8.86. The SMILES string of the molecule is C#CCNC(=NC)N1CCN(c2cccc(OC)c2)CC1.I. The molecule has 1 fully saturated rings. The van der Waals surface area contributed by atoms with Crippen molar-refractivity contribution in [1.82, 2.24) is 10.2 Å². The van der Waals surface area contributed by atoms with Crippen molar-refractivity contribution in [3.63, 3.8) is 0 Å². The van der Waals surface area contributed by atoms with Gasteiger partial charge in [-0.3, -0.25) is 4.99 Å². The van der Waals surface area contributed by atoms with Crippen LogP contribution < -0.4 is 15.0 Å². The average Bonchev–Trinajstić information content (AvgIpc) is 2.56. The lowest BCUT2D eigenvalue weighted by Crippen LogP contribution is -2.52. The summed E-state index contributed by atoms with van der Waals surface area (Å²) >= 11 is 0. The van der Waals surface area contributed by atoms with E-state index in [0.717, 1.165) is 37.9 Å². The highest BCUT2D eigenvalue weighted by atomic mass is 127. The molecule has 0 radical (unpaired) electrons. The highest BCUT2D eigenvalue weighted by molar-refractivity contribution is 14.0. The number of guanidine groups is 1. The van der Waals surface area contributed by atoms with Gasteiger partial charge >= 0.3 is 0 Å². The lowest BCUT2D eigenvalue weighted by molar-refractivity contribution is 0.374. The van der Waals surface area contributed by atoms with Crippen molar-refractivity contribution in [3.8, 4) is 18.1 Å². The van der Waals surface area contributed by atoms with Gasteiger partial charge in [-0.2, -0.15) is 0 Å². The molecule has 0 saturated carbocycles. The van der Waals surface area contributed by atoms with E-state index in [1.54, 1.807) is 14.2 Å². The van der Waals surface area contributed by atoms with Crippen molar-refractivity contribution in [2.45, 2.75) is 0 Å². The number of halogens is 1. The molecule has 1 aromatic carbocycles. The maximum Gasteiger partial charge on any atom is 0.194 e. The molecule has 1 aliphatic heterocycles. The maximum atomic E-state index is 5.28. The van der Waals surface area contributed by atoms with Gasteiger partial charge in [0.15, 0.2) is 5.96 Å². The van der Waals surface area contributed by atoms with Crippen LogP contribution in [0.2, 0.25) is 0 Å². The Morgan fingerprint density at radius 1 is 1.36 bits per heavy atom. The summed E-state index contributed by atoms with van der Waals surface area (Å²) in [7, 11) is 3.48. The number of terminal acetylenes is 1. The van der Waals surface area contributed by atoms with Gasteiger partial charge in [0.1, 0.15) is 5.75 Å². The van der Waals surface area contributed by atoms with Crippen LogP contribution in [0.5, 0.6) is 5.75 Å². The van der Waals surface area contributed by atoms with Gasteiger partial charge < -0.3 is 19.9 Å². The second-order valence-corrected chi connectivity index (χ2v) is 4.78. The molecule has 0 bridgehead atoms. The minimum Gasteiger partial charge on any atom is -0.497 e. The molecule has 0 spiro atoms. The van der Waals surface area contributed by atoms with E-state index in [1.165, 1.54) is 5.69 Å². The Labute approximate surface area is 149 Å². The van der Waals surface area contributed by atoms with Crippen LogP contribution in [0.4, 0.5) is 5.69 Å². The number of nitrogens with zero attached hydrogens (tertiary/aromatic N) is 3. The number of aliphatic imine (C=N–C) groups is 1. The standard InChI is InChI=1S/C16H22N4O.HI/c1-4-8-18-16(17-2)20-11-9-19(10-12-20)14-6-5-7-15(13-14)21-3;/h1,5-7,13H,8-12H2,2-3H3,(H,17,18);1H. The van der Waals surface area contributed by atoms with Crippen molar-refractivity contribution in [2.75, 3.05) is 51.8 Å². The Bertz CT molecular complexity index is 533. The molecule has 0 atom stereocenters. The summed E-state index contributed by atoms with van der Waals surface area (Å²) in [5.41, 5.74) is 1.19. The fraction of sp³-hybridized carbons (Fsp3) is 0.438. The van der Waals surface area contributed by atoms with Gasteiger partial charge in [0, 0.05) is 45.0 Å². The lowest BCUT2D eigenvalue weighted by Gasteiger charge is -2.37. The molecule has 6 heteroatoms. The zero-order valence-electron chi connectivity index (χ0n) is 13.1. The molecule has 120 valence electrons. The molecule has 22 heavy (non-hydrogen) atoms. The summed E-state index contributed by atoms with van der Waals surface area (Å²) in [5.74, 6) is 4.34. The van der Waals surface area contributed by atoms with Gasteiger partial charge in [-0.05, 0) is 12.1 Å². The zero-order valence-corrected chi connectivity index (χ0v) is 15.4. The van der Waals surface area contributed by atoms with Gasteiger partial charge in [0.25, 0.3) is 0 Å². The van der Waals surface area contributed by atoms with Crippen molar-refractivity contribution in [1.29, 1.82) is 0 Å². The average molecular weight is 414 g/mol. The molecule has 1 saturated heterocycles. The maximum absolute atomic E-state index is 5.28. The van der Waals surface area contributed by atoms with Crippen LogP contribution in [-0.4, -0.2) is 57.7 Å². The fourth-order valence-corrected chi connectivity index (χ4v) is 2.45. The van der Waals surface area contributed by atoms with Gasteiger partial charge in [-0.25, -0.2) is 0 Å². The Hall–Kier alpha value is -1.62. The van der Waals surface area contributed by atoms with E-state index in [2.05, 4.69) is 38.2 Å². The van der Waals surface area contributed by atoms with Gasteiger partial charge in [-0.15, -0.1) is 30.4 Å². The van der Waals surface area contributed by atoms with Crippen LogP contribution in [0.15, 0.2) is 29.3 Å². The number of ether oxygens (including phenoxy) is 1. The van der Waals surface area contributed by atoms with Crippen LogP contribution in [0.25, 0.3) is 0 Å². The smallest absolute Gasteiger partial charge is 0.194 e. The number of benzene rings is 1. The normalized spacial score (nSPS) is 14.9. The first-order valence-electron chi connectivity index (χ1n) is 7.06. The van der Waals surface area contributed by atoms with E-state index in [4.69, 9.17) is 11.2 Å². The minimum absolute atomic E-state index is 0. The number of piperazine rings is 1. The topological polar surface area (TPSA) is 40.1 Å². The number of hydrogen-bond donors (Lipinski definition) is 1. The zero-order chi connectivity index (χ0) is 15.1. The second kappa shape index (κ2) is 9.41. The predicted molar refractivity (Wildman–Crippen MR) is 102 cm³/mol. The largest absolute Gasteiger partial charge is 0.497 e. The molecule has 1 heterocycles. The fourth-order valence-electron chi connectivity index (χ4n) is 2.45. The second-order valence-electron chi connectivity index (χ2n) is 4.78. The minimum atomic E-state index is 0. The molecular weight excluding hydrogens is 391 g/mol. The van der Waals surface area contributed by atoms with E-state index in [-0.39, 0.29) is 24.0 Å². The first-order chi connectivity index (χ1) is 10.3. The number of methoxy groups -OCH3 is 1. The highest BCUT2D eigenvalue weighted by Crippen LogP contribution is 2.22. The van der Waals surface area contributed by atoms with E-state index in [1.807, 2.05) is 12.1 Å². The van der Waals surface area contributed by atoms with Gasteiger partial charge in [0.05, 0.1) is 13.7 Å². The molecule has 2 rings (SSSR count). The molecule has 0 unspecified atom stereocenters. The lowest BCUT2D eigenvalue weighted by atomic mass is 10.2. The van der Waals surface area contributed by atoms with Crippen LogP contribution in [-0.2, 0) is 0 Å². The number of anilines is 1. The Balaban J connectivity index is 0.00000242. The van der Waals surface area contributed by atoms with E-state index in [0.29, 0.717) is 6.54 Å². The number of rotatable bonds is 3. The van der Waals surface area contributed by atoms with E-state index >= 15 is 0 Å². The van der Waals surface area contributed by atoms with Crippen LogP contribution >= 0.6 is 24.0 Å². The predicted octanol–water partition coefficient (Wildman–Crippen LogP) is 1.64. The van der Waals surface area contributed by atoms with Crippen LogP contribution in [0.1, 0.15) is 0 Å². The van der Waals surface area contributed by atoms with Crippen molar-refractivity contribution in [2.24, 2.45) is 4.99 Å². The molecule has 0 amide bonds.